The molecule has 294 valence electrons. The predicted molar refractivity (Wildman–Crippen MR) is 219 cm³/mol. The molecule has 0 amide bonds. The average Bonchev–Trinajstić information content (AvgIpc) is 3.62. The number of nitrogens with zero attached hydrogens (tertiary/aromatic N) is 4. The Bertz CT molecular complexity index is 2150. The Labute approximate surface area is 325 Å². The lowest BCUT2D eigenvalue weighted by molar-refractivity contribution is 0.0652. The topological polar surface area (TPSA) is 73.8 Å². The van der Waals surface area contributed by atoms with Gasteiger partial charge in [0.25, 0.3) is 0 Å². The van der Waals surface area contributed by atoms with Crippen LogP contribution in [0, 0.1) is 34.8 Å². The molecule has 3 aliphatic rings. The standard InChI is InChI=1S/C44H56F3N5O2Si/c1-10-52-17-15-28(8)44(52,9)24-54-43-49-41-35(42(50-43)51-22-30-12-13-31(23-51)48-30)21-37(46)39(40(41)47)34-20-32(53)19-29-11-14-36(45)33(38(29)34)16-18-55(25(2)3,26(4)5)27(6)7/h11,14,19-21,25-28,30-31,48,53H,10,12-13,15,17,22-24H2,1-9H3/t28-,30-,31+,44-/m0/s1. The zero-order valence-electron chi connectivity index (χ0n) is 33.8. The van der Waals surface area contributed by atoms with Gasteiger partial charge in [0, 0.05) is 41.5 Å². The van der Waals surface area contributed by atoms with Crippen LogP contribution in [0.2, 0.25) is 16.6 Å². The molecule has 0 spiro atoms. The molecule has 4 atom stereocenters. The molecule has 1 aromatic heterocycles. The number of hydrogen-bond donors (Lipinski definition) is 2. The number of phenols is 1. The van der Waals surface area contributed by atoms with Gasteiger partial charge in [-0.2, -0.15) is 9.97 Å². The molecular formula is C44H56F3N5O2Si. The molecule has 4 aromatic rings. The van der Waals surface area contributed by atoms with Crippen molar-refractivity contribution in [2.45, 2.75) is 116 Å². The van der Waals surface area contributed by atoms with Crippen molar-refractivity contribution in [1.29, 1.82) is 0 Å². The highest BCUT2D eigenvalue weighted by Crippen LogP contribution is 2.44. The number of aromatic nitrogens is 2. The Hall–Kier alpha value is -3.85. The average molecular weight is 772 g/mol. The van der Waals surface area contributed by atoms with Crippen LogP contribution < -0.4 is 15.0 Å². The van der Waals surface area contributed by atoms with Crippen LogP contribution in [-0.4, -0.2) is 78.5 Å². The van der Waals surface area contributed by atoms with Crippen LogP contribution in [0.3, 0.4) is 0 Å². The highest BCUT2D eigenvalue weighted by molar-refractivity contribution is 6.90. The highest BCUT2D eigenvalue weighted by Gasteiger charge is 2.44. The van der Waals surface area contributed by atoms with Crippen molar-refractivity contribution >= 4 is 35.6 Å². The van der Waals surface area contributed by atoms with Crippen LogP contribution in [-0.2, 0) is 0 Å². The van der Waals surface area contributed by atoms with E-state index in [-0.39, 0.29) is 73.4 Å². The maximum Gasteiger partial charge on any atom is 0.319 e. The number of likely N-dealkylation sites (tertiary alicyclic amines) is 1. The molecule has 3 fully saturated rings. The number of likely N-dealkylation sites (N-methyl/N-ethyl adjacent to an activating group) is 1. The minimum atomic E-state index is -2.32. The van der Waals surface area contributed by atoms with Gasteiger partial charge in [-0.15, -0.1) is 5.54 Å². The molecule has 4 heterocycles. The molecule has 0 aliphatic carbocycles. The van der Waals surface area contributed by atoms with Gasteiger partial charge in [-0.3, -0.25) is 4.90 Å². The van der Waals surface area contributed by atoms with Gasteiger partial charge in [0.15, 0.2) is 5.82 Å². The summed E-state index contributed by atoms with van der Waals surface area (Å²) < 4.78 is 56.8. The summed E-state index contributed by atoms with van der Waals surface area (Å²) >= 11 is 0. The molecular weight excluding hydrogens is 716 g/mol. The van der Waals surface area contributed by atoms with Crippen LogP contribution in [0.25, 0.3) is 32.8 Å². The third-order valence-corrected chi connectivity index (χ3v) is 19.7. The summed E-state index contributed by atoms with van der Waals surface area (Å²) in [7, 11) is -2.32. The maximum absolute atomic E-state index is 17.5. The van der Waals surface area contributed by atoms with Crippen LogP contribution in [0.1, 0.15) is 87.1 Å². The number of piperazine rings is 1. The van der Waals surface area contributed by atoms with E-state index in [2.05, 4.69) is 93.9 Å². The van der Waals surface area contributed by atoms with Crippen molar-refractivity contribution < 1.29 is 23.0 Å². The summed E-state index contributed by atoms with van der Waals surface area (Å²) in [6.45, 7) is 23.0. The number of phenolic OH excluding ortho intramolecular Hbond substituents is 1. The maximum atomic E-state index is 17.5. The van der Waals surface area contributed by atoms with E-state index in [1.54, 1.807) is 0 Å². The SMILES string of the molecule is CCN1CC[C@H](C)[C@]1(C)COc1nc(N2C[C@H]3CC[C@@H](C2)N3)c2cc(F)c(-c3cc(O)cc4ccc(F)c(C#C[Si](C(C)C)(C(C)C)C(C)C)c34)c(F)c2n1. The highest BCUT2D eigenvalue weighted by atomic mass is 28.3. The van der Waals surface area contributed by atoms with Crippen LogP contribution in [0.15, 0.2) is 30.3 Å². The minimum absolute atomic E-state index is 0.00957. The minimum Gasteiger partial charge on any atom is -0.508 e. The number of halogens is 3. The first-order chi connectivity index (χ1) is 26.1. The number of hydrogen-bond acceptors (Lipinski definition) is 7. The second-order valence-electron chi connectivity index (χ2n) is 17.4. The molecule has 3 aromatic carbocycles. The molecule has 7 nitrogen and oxygen atoms in total. The van der Waals surface area contributed by atoms with Gasteiger partial charge in [0.2, 0.25) is 0 Å². The molecule has 3 saturated heterocycles. The van der Waals surface area contributed by atoms with Gasteiger partial charge in [0.1, 0.15) is 43.4 Å². The molecule has 0 saturated carbocycles. The predicted octanol–water partition coefficient (Wildman–Crippen LogP) is 9.58. The van der Waals surface area contributed by atoms with E-state index in [1.807, 2.05) is 0 Å². The summed E-state index contributed by atoms with van der Waals surface area (Å²) in [4.78, 5) is 14.0. The molecule has 0 radical (unpaired) electrons. The number of ether oxygens (including phenoxy) is 1. The summed E-state index contributed by atoms with van der Waals surface area (Å²) in [6.07, 6.45) is 3.08. The lowest BCUT2D eigenvalue weighted by Crippen LogP contribution is -2.51. The number of fused-ring (bicyclic) bond motifs is 4. The van der Waals surface area contributed by atoms with E-state index >= 15 is 13.2 Å². The first-order valence-corrected chi connectivity index (χ1v) is 22.4. The summed E-state index contributed by atoms with van der Waals surface area (Å²) in [5.41, 5.74) is 3.77. The van der Waals surface area contributed by atoms with Crippen LogP contribution >= 0.6 is 0 Å². The zero-order chi connectivity index (χ0) is 39.6. The van der Waals surface area contributed by atoms with E-state index in [4.69, 9.17) is 9.72 Å². The fourth-order valence-electron chi connectivity index (χ4n) is 10.2. The Kier molecular flexibility index (Phi) is 10.7. The summed E-state index contributed by atoms with van der Waals surface area (Å²) in [5.74, 6) is 1.44. The smallest absolute Gasteiger partial charge is 0.319 e. The quantitative estimate of drug-likeness (QED) is 0.130. The van der Waals surface area contributed by atoms with Crippen LogP contribution in [0.4, 0.5) is 19.0 Å². The lowest BCUT2D eigenvalue weighted by Gasteiger charge is -2.38. The van der Waals surface area contributed by atoms with E-state index in [9.17, 15) is 5.11 Å². The number of aromatic hydroxyl groups is 1. The molecule has 2 bridgehead atoms. The van der Waals surface area contributed by atoms with Gasteiger partial charge in [0.05, 0.1) is 16.7 Å². The second-order valence-corrected chi connectivity index (χ2v) is 23.0. The van der Waals surface area contributed by atoms with Gasteiger partial charge in [-0.05, 0) is 91.5 Å². The van der Waals surface area contributed by atoms with E-state index in [0.717, 1.165) is 32.4 Å². The number of rotatable bonds is 9. The largest absolute Gasteiger partial charge is 0.508 e. The number of benzene rings is 3. The third kappa shape index (κ3) is 6.76. The number of anilines is 1. The summed E-state index contributed by atoms with van der Waals surface area (Å²) in [6, 6.07) is 7.40. The zero-order valence-corrected chi connectivity index (χ0v) is 34.8. The van der Waals surface area contributed by atoms with Crippen molar-refractivity contribution in [3.05, 3.63) is 53.3 Å². The van der Waals surface area contributed by atoms with E-state index < -0.39 is 31.1 Å². The van der Waals surface area contributed by atoms with Crippen molar-refractivity contribution in [2.24, 2.45) is 5.92 Å². The molecule has 2 N–H and O–H groups in total. The van der Waals surface area contributed by atoms with Crippen molar-refractivity contribution in [1.82, 2.24) is 20.2 Å². The molecule has 11 heteroatoms. The summed E-state index contributed by atoms with van der Waals surface area (Å²) in [5, 5.41) is 15.5. The molecule has 55 heavy (non-hydrogen) atoms. The van der Waals surface area contributed by atoms with Crippen molar-refractivity contribution in [2.75, 3.05) is 37.7 Å². The molecule has 7 rings (SSSR count). The monoisotopic (exact) mass is 771 g/mol. The molecule has 0 unspecified atom stereocenters. The normalized spacial score (nSPS) is 23.1. The third-order valence-electron chi connectivity index (χ3n) is 13.4. The van der Waals surface area contributed by atoms with Gasteiger partial charge < -0.3 is 20.1 Å². The first kappa shape index (κ1) is 39.4. The Balaban J connectivity index is 1.44. The second kappa shape index (κ2) is 14.9. The van der Waals surface area contributed by atoms with Gasteiger partial charge >= 0.3 is 6.01 Å². The van der Waals surface area contributed by atoms with Gasteiger partial charge in [-0.1, -0.05) is 67.4 Å². The van der Waals surface area contributed by atoms with E-state index in [1.165, 1.54) is 30.3 Å². The fraction of sp³-hybridized carbons (Fsp3) is 0.545. The van der Waals surface area contributed by atoms with Gasteiger partial charge in [-0.25, -0.2) is 13.2 Å². The Morgan fingerprint density at radius 3 is 2.27 bits per heavy atom. The Morgan fingerprint density at radius 1 is 0.964 bits per heavy atom. The van der Waals surface area contributed by atoms with Crippen LogP contribution in [0.5, 0.6) is 11.8 Å². The first-order valence-electron chi connectivity index (χ1n) is 20.2. The van der Waals surface area contributed by atoms with E-state index in [0.29, 0.717) is 36.8 Å². The van der Waals surface area contributed by atoms with Crippen molar-refractivity contribution in [3.63, 3.8) is 0 Å². The fourth-order valence-corrected chi connectivity index (χ4v) is 15.4. The van der Waals surface area contributed by atoms with Crippen molar-refractivity contribution in [3.8, 4) is 34.4 Å². The number of nitrogens with one attached hydrogen (secondary N) is 1. The lowest BCUT2D eigenvalue weighted by atomic mass is 9.89. The Morgan fingerprint density at radius 2 is 1.64 bits per heavy atom. The molecule has 3 aliphatic heterocycles.